The molecule has 0 atom stereocenters. The number of aromatic carboxylic acids is 1. The van der Waals surface area contributed by atoms with Crippen LogP contribution < -0.4 is 0 Å². The Kier molecular flexibility index (Phi) is 8.74. The van der Waals surface area contributed by atoms with Crippen LogP contribution in [-0.2, 0) is 4.74 Å². The van der Waals surface area contributed by atoms with Crippen molar-refractivity contribution in [3.8, 4) is 0 Å². The van der Waals surface area contributed by atoms with Gasteiger partial charge in [0, 0.05) is 0 Å². The van der Waals surface area contributed by atoms with E-state index in [0.717, 1.165) is 24.2 Å². The minimum absolute atomic E-state index is 0.161. The number of hydrogen-bond acceptors (Lipinski definition) is 4. The molecule has 5 heteroatoms. The highest BCUT2D eigenvalue weighted by Crippen LogP contribution is 2.17. The summed E-state index contributed by atoms with van der Waals surface area (Å²) in [7, 11) is 0. The molecule has 0 aromatic carbocycles. The van der Waals surface area contributed by atoms with Gasteiger partial charge in [0.25, 0.3) is 0 Å². The lowest BCUT2D eigenvalue weighted by Gasteiger charge is -2.03. The molecule has 0 saturated carbocycles. The molecule has 1 N–H and O–H groups in total. The first-order chi connectivity index (χ1) is 10.1. The topological polar surface area (TPSA) is 63.6 Å². The number of thiophene rings is 1. The number of carbonyl (C=O) groups is 2. The molecule has 1 aromatic rings. The van der Waals surface area contributed by atoms with Gasteiger partial charge in [-0.1, -0.05) is 51.9 Å². The van der Waals surface area contributed by atoms with Crippen LogP contribution in [0.15, 0.2) is 12.1 Å². The molecule has 0 amide bonds. The minimum atomic E-state index is -1.01. The van der Waals surface area contributed by atoms with Crippen molar-refractivity contribution >= 4 is 23.3 Å². The summed E-state index contributed by atoms with van der Waals surface area (Å²) in [5, 5.41) is 8.79. The molecule has 21 heavy (non-hydrogen) atoms. The number of carbonyl (C=O) groups excluding carboxylic acids is 1. The van der Waals surface area contributed by atoms with Crippen LogP contribution in [0.3, 0.4) is 0 Å². The number of carboxylic acid groups (broad SMARTS) is 1. The Morgan fingerprint density at radius 2 is 1.57 bits per heavy atom. The normalized spacial score (nSPS) is 10.5. The molecule has 1 aromatic heterocycles. The van der Waals surface area contributed by atoms with E-state index in [1.54, 1.807) is 0 Å². The van der Waals surface area contributed by atoms with Gasteiger partial charge in [-0.2, -0.15) is 0 Å². The average molecular weight is 312 g/mol. The number of unbranched alkanes of at least 4 members (excludes halogenated alkanes) is 7. The predicted octanol–water partition coefficient (Wildman–Crippen LogP) is 4.74. The highest BCUT2D eigenvalue weighted by atomic mass is 32.1. The highest BCUT2D eigenvalue weighted by molar-refractivity contribution is 7.15. The monoisotopic (exact) mass is 312 g/mol. The maximum Gasteiger partial charge on any atom is 0.348 e. The Labute approximate surface area is 130 Å². The van der Waals surface area contributed by atoms with E-state index >= 15 is 0 Å². The Morgan fingerprint density at radius 1 is 1.00 bits per heavy atom. The lowest BCUT2D eigenvalue weighted by molar-refractivity contribution is 0.0503. The second kappa shape index (κ2) is 10.4. The summed E-state index contributed by atoms with van der Waals surface area (Å²) in [5.74, 6) is -1.43. The first-order valence-corrected chi connectivity index (χ1v) is 8.47. The van der Waals surface area contributed by atoms with Gasteiger partial charge in [-0.15, -0.1) is 11.3 Å². The fourth-order valence-corrected chi connectivity index (χ4v) is 2.77. The average Bonchev–Trinajstić information content (AvgIpc) is 2.95. The summed E-state index contributed by atoms with van der Waals surface area (Å²) in [6, 6.07) is 2.93. The van der Waals surface area contributed by atoms with Gasteiger partial charge in [0.15, 0.2) is 0 Å². The number of carboxylic acids is 1. The van der Waals surface area contributed by atoms with Gasteiger partial charge in [0.1, 0.15) is 9.75 Å². The van der Waals surface area contributed by atoms with Crippen molar-refractivity contribution in [2.75, 3.05) is 6.61 Å². The first-order valence-electron chi connectivity index (χ1n) is 7.65. The van der Waals surface area contributed by atoms with E-state index in [9.17, 15) is 9.59 Å². The lowest BCUT2D eigenvalue weighted by atomic mass is 10.1. The lowest BCUT2D eigenvalue weighted by Crippen LogP contribution is -2.04. The molecule has 4 nitrogen and oxygen atoms in total. The predicted molar refractivity (Wildman–Crippen MR) is 84.2 cm³/mol. The van der Waals surface area contributed by atoms with Crippen LogP contribution in [0.5, 0.6) is 0 Å². The van der Waals surface area contributed by atoms with E-state index in [2.05, 4.69) is 6.92 Å². The van der Waals surface area contributed by atoms with Crippen LogP contribution in [0.1, 0.15) is 77.6 Å². The van der Waals surface area contributed by atoms with Gasteiger partial charge in [-0.25, -0.2) is 9.59 Å². The quantitative estimate of drug-likeness (QED) is 0.473. The highest BCUT2D eigenvalue weighted by Gasteiger charge is 2.13. The third kappa shape index (κ3) is 7.27. The first kappa shape index (κ1) is 17.7. The maximum atomic E-state index is 11.7. The Hall–Kier alpha value is -1.36. The minimum Gasteiger partial charge on any atom is -0.477 e. The molecule has 0 aliphatic rings. The molecule has 0 aliphatic carbocycles. The smallest absolute Gasteiger partial charge is 0.348 e. The van der Waals surface area contributed by atoms with Gasteiger partial charge in [0.05, 0.1) is 6.61 Å². The van der Waals surface area contributed by atoms with Crippen molar-refractivity contribution < 1.29 is 19.4 Å². The molecule has 1 rings (SSSR count). The van der Waals surface area contributed by atoms with E-state index in [-0.39, 0.29) is 4.88 Å². The molecular formula is C16H24O4S. The Balaban J connectivity index is 2.06. The van der Waals surface area contributed by atoms with Crippen molar-refractivity contribution in [1.29, 1.82) is 0 Å². The summed E-state index contributed by atoms with van der Waals surface area (Å²) in [5.41, 5.74) is 0. The van der Waals surface area contributed by atoms with Gasteiger partial charge in [-0.3, -0.25) is 0 Å². The number of ether oxygens (including phenoxy) is 1. The summed E-state index contributed by atoms with van der Waals surface area (Å²) >= 11 is 0.954. The van der Waals surface area contributed by atoms with Gasteiger partial charge in [-0.05, 0) is 18.6 Å². The van der Waals surface area contributed by atoms with Crippen molar-refractivity contribution in [2.24, 2.45) is 0 Å². The maximum absolute atomic E-state index is 11.7. The molecular weight excluding hydrogens is 288 g/mol. The summed E-state index contributed by atoms with van der Waals surface area (Å²) in [6.07, 6.45) is 9.57. The number of rotatable bonds is 11. The second-order valence-electron chi connectivity index (χ2n) is 5.08. The standard InChI is InChI=1S/C16H24O4S/c1-2-3-4-5-6-7-8-9-12-20-16(19)14-11-10-13(21-14)15(17)18/h10-11H,2-9,12H2,1H3,(H,17,18). The SMILES string of the molecule is CCCCCCCCCCOC(=O)c1ccc(C(=O)O)s1. The molecule has 0 spiro atoms. The largest absolute Gasteiger partial charge is 0.477 e. The molecule has 0 saturated heterocycles. The van der Waals surface area contributed by atoms with Crippen LogP contribution in [-0.4, -0.2) is 23.7 Å². The molecule has 1 heterocycles. The molecule has 0 bridgehead atoms. The van der Waals surface area contributed by atoms with E-state index in [1.807, 2.05) is 0 Å². The van der Waals surface area contributed by atoms with Crippen molar-refractivity contribution in [3.05, 3.63) is 21.9 Å². The number of hydrogen-bond donors (Lipinski definition) is 1. The number of esters is 1. The van der Waals surface area contributed by atoms with Gasteiger partial charge >= 0.3 is 11.9 Å². The van der Waals surface area contributed by atoms with Crippen LogP contribution in [0.25, 0.3) is 0 Å². The zero-order chi connectivity index (χ0) is 15.5. The van der Waals surface area contributed by atoms with Crippen LogP contribution in [0.2, 0.25) is 0 Å². The zero-order valence-corrected chi connectivity index (χ0v) is 13.4. The van der Waals surface area contributed by atoms with Gasteiger partial charge < -0.3 is 9.84 Å². The summed E-state index contributed by atoms with van der Waals surface area (Å²) in [6.45, 7) is 2.62. The van der Waals surface area contributed by atoms with E-state index in [1.165, 1.54) is 50.7 Å². The molecule has 0 aliphatic heterocycles. The van der Waals surface area contributed by atoms with E-state index < -0.39 is 11.9 Å². The van der Waals surface area contributed by atoms with Gasteiger partial charge in [0.2, 0.25) is 0 Å². The third-order valence-corrected chi connectivity index (χ3v) is 4.30. The van der Waals surface area contributed by atoms with Crippen molar-refractivity contribution in [3.63, 3.8) is 0 Å². The van der Waals surface area contributed by atoms with Crippen molar-refractivity contribution in [2.45, 2.75) is 58.3 Å². The zero-order valence-electron chi connectivity index (χ0n) is 12.6. The molecule has 0 radical (unpaired) electrons. The molecule has 118 valence electrons. The van der Waals surface area contributed by atoms with Crippen LogP contribution in [0, 0.1) is 0 Å². The fraction of sp³-hybridized carbons (Fsp3) is 0.625. The Bertz CT molecular complexity index is 439. The molecule has 0 unspecified atom stereocenters. The Morgan fingerprint density at radius 3 is 2.14 bits per heavy atom. The van der Waals surface area contributed by atoms with Crippen molar-refractivity contribution in [1.82, 2.24) is 0 Å². The van der Waals surface area contributed by atoms with E-state index in [0.29, 0.717) is 11.5 Å². The van der Waals surface area contributed by atoms with Crippen LogP contribution in [0.4, 0.5) is 0 Å². The van der Waals surface area contributed by atoms with E-state index in [4.69, 9.17) is 9.84 Å². The van der Waals surface area contributed by atoms with Crippen LogP contribution >= 0.6 is 11.3 Å². The third-order valence-electron chi connectivity index (χ3n) is 3.25. The summed E-state index contributed by atoms with van der Waals surface area (Å²) < 4.78 is 5.14. The fourth-order valence-electron chi connectivity index (χ4n) is 2.03. The second-order valence-corrected chi connectivity index (χ2v) is 6.16. The molecule has 0 fully saturated rings. The summed E-state index contributed by atoms with van der Waals surface area (Å²) in [4.78, 5) is 22.9.